The molecule has 0 fully saturated rings. The van der Waals surface area contributed by atoms with E-state index >= 15 is 0 Å². The maximum absolute atomic E-state index is 12.2. The second kappa shape index (κ2) is 17.2. The van der Waals surface area contributed by atoms with Crippen molar-refractivity contribution in [2.45, 2.75) is 45.1 Å². The van der Waals surface area contributed by atoms with Gasteiger partial charge in [-0.25, -0.2) is 14.6 Å². The molecule has 0 radical (unpaired) electrons. The molecule has 0 bridgehead atoms. The molecule has 0 atom stereocenters. The number of oxazole rings is 1. The highest BCUT2D eigenvalue weighted by molar-refractivity contribution is 5.99. The van der Waals surface area contributed by atoms with E-state index in [2.05, 4.69) is 15.0 Å². The highest BCUT2D eigenvalue weighted by Gasteiger charge is 2.18. The first-order valence-corrected chi connectivity index (χ1v) is 14.6. The number of ether oxygens (including phenoxy) is 4. The molecular formula is C29H39N7O8. The Morgan fingerprint density at radius 1 is 0.841 bits per heavy atom. The number of benzene rings is 1. The zero-order valence-electron chi connectivity index (χ0n) is 24.6. The molecule has 0 saturated heterocycles. The van der Waals surface area contributed by atoms with Crippen molar-refractivity contribution in [2.24, 2.45) is 0 Å². The Bertz CT molecular complexity index is 1510. The minimum atomic E-state index is -0.886. The summed E-state index contributed by atoms with van der Waals surface area (Å²) in [7, 11) is 0. The van der Waals surface area contributed by atoms with E-state index in [0.717, 1.165) is 24.8 Å². The van der Waals surface area contributed by atoms with Gasteiger partial charge in [0.1, 0.15) is 29.1 Å². The van der Waals surface area contributed by atoms with Gasteiger partial charge in [-0.3, -0.25) is 9.59 Å². The summed E-state index contributed by atoms with van der Waals surface area (Å²) in [6.45, 7) is 3.53. The molecule has 1 aromatic carbocycles. The highest BCUT2D eigenvalue weighted by atomic mass is 16.6. The number of nitrogens with zero attached hydrogens (tertiary/aromatic N) is 5. The summed E-state index contributed by atoms with van der Waals surface area (Å²) < 4.78 is 28.6. The number of aromatic nitrogens is 5. The molecule has 0 amide bonds. The van der Waals surface area contributed by atoms with E-state index in [-0.39, 0.29) is 24.8 Å². The van der Waals surface area contributed by atoms with Gasteiger partial charge in [-0.2, -0.15) is 10.1 Å². The number of hydrogen-bond acceptors (Lipinski definition) is 13. The minimum Gasteiger partial charge on any atom is -0.481 e. The van der Waals surface area contributed by atoms with Gasteiger partial charge in [-0.05, 0) is 31.0 Å². The van der Waals surface area contributed by atoms with Gasteiger partial charge in [0.25, 0.3) is 6.01 Å². The number of fused-ring (bicyclic) bond motifs is 2. The number of carboxylic acid groups (broad SMARTS) is 1. The number of aliphatic carboxylic acids is 1. The Hall–Kier alpha value is -4.18. The number of ketones is 1. The Kier molecular flexibility index (Phi) is 12.8. The second-order valence-corrected chi connectivity index (χ2v) is 9.96. The number of hydrogen-bond donors (Lipinski definition) is 3. The fraction of sp³-hybridized carbons (Fsp3) is 0.517. The third-order valence-corrected chi connectivity index (χ3v) is 6.66. The molecule has 44 heavy (non-hydrogen) atoms. The number of nitrogen functional groups attached to an aromatic ring is 2. The number of Topliss-reactive ketones (excluding diaryl/α,β-unsaturated/α-hetero) is 1. The average molecular weight is 614 g/mol. The van der Waals surface area contributed by atoms with Crippen molar-refractivity contribution in [1.82, 2.24) is 24.7 Å². The molecule has 3 aromatic heterocycles. The number of nitrogens with two attached hydrogens (primary N) is 2. The number of carbonyl (C=O) groups is 2. The molecule has 0 spiro atoms. The number of carboxylic acids is 1. The maximum Gasteiger partial charge on any atom is 0.305 e. The van der Waals surface area contributed by atoms with Crippen LogP contribution in [0.5, 0.6) is 0 Å². The van der Waals surface area contributed by atoms with Gasteiger partial charge in [0.2, 0.25) is 0 Å². The van der Waals surface area contributed by atoms with Gasteiger partial charge in [0, 0.05) is 24.9 Å². The lowest BCUT2D eigenvalue weighted by Crippen LogP contribution is -2.13. The first kappa shape index (κ1) is 32.7. The van der Waals surface area contributed by atoms with Crippen LogP contribution in [0.15, 0.2) is 28.9 Å². The van der Waals surface area contributed by atoms with Crippen LogP contribution in [-0.2, 0) is 35.1 Å². The summed E-state index contributed by atoms with van der Waals surface area (Å²) in [4.78, 5) is 35.4. The van der Waals surface area contributed by atoms with E-state index in [0.29, 0.717) is 99.3 Å². The number of rotatable bonds is 22. The Morgan fingerprint density at radius 3 is 2.23 bits per heavy atom. The summed E-state index contributed by atoms with van der Waals surface area (Å²) in [6.07, 6.45) is 4.74. The van der Waals surface area contributed by atoms with Crippen molar-refractivity contribution in [3.63, 3.8) is 0 Å². The fourth-order valence-electron chi connectivity index (χ4n) is 4.47. The summed E-state index contributed by atoms with van der Waals surface area (Å²) >= 11 is 0. The van der Waals surface area contributed by atoms with E-state index in [4.69, 9.17) is 45.0 Å². The number of aryl methyl sites for hydroxylation is 1. The zero-order valence-corrected chi connectivity index (χ0v) is 24.6. The molecule has 5 N–H and O–H groups in total. The summed E-state index contributed by atoms with van der Waals surface area (Å²) in [6, 6.07) is 5.61. The molecule has 238 valence electrons. The number of carbonyl (C=O) groups excluding carboxylic acids is 1. The standard InChI is InChI=1S/C29H39N7O8/c30-27-25-26(20-5-6-23-22(18-20)34-29(31)44-23)35-36(28(25)33-19-32-27)9-3-1-2-4-21(37)7-10-40-12-14-42-16-17-43-15-13-41-11-8-24(38)39/h5-6,18-19H,1-4,7-17H2,(H2,31,34)(H,38,39)(H2,30,32,33). The van der Waals surface area contributed by atoms with Crippen molar-refractivity contribution >= 4 is 45.7 Å². The second-order valence-electron chi connectivity index (χ2n) is 9.96. The molecule has 0 aliphatic carbocycles. The number of unbranched alkanes of at least 4 members (excludes halogenated alkanes) is 2. The van der Waals surface area contributed by atoms with E-state index in [9.17, 15) is 9.59 Å². The van der Waals surface area contributed by atoms with Crippen LogP contribution in [0.2, 0.25) is 0 Å². The normalized spacial score (nSPS) is 11.5. The largest absolute Gasteiger partial charge is 0.481 e. The third-order valence-electron chi connectivity index (χ3n) is 6.66. The van der Waals surface area contributed by atoms with Gasteiger partial charge in [0.05, 0.1) is 64.7 Å². The fourth-order valence-corrected chi connectivity index (χ4v) is 4.47. The number of anilines is 2. The highest BCUT2D eigenvalue weighted by Crippen LogP contribution is 2.32. The van der Waals surface area contributed by atoms with Crippen LogP contribution in [-0.4, -0.2) is 94.4 Å². The van der Waals surface area contributed by atoms with Crippen molar-refractivity contribution < 1.29 is 38.1 Å². The van der Waals surface area contributed by atoms with Gasteiger partial charge >= 0.3 is 5.97 Å². The molecule has 15 nitrogen and oxygen atoms in total. The van der Waals surface area contributed by atoms with E-state index < -0.39 is 5.97 Å². The lowest BCUT2D eigenvalue weighted by molar-refractivity contribution is -0.138. The topological polar surface area (TPSA) is 213 Å². The van der Waals surface area contributed by atoms with Crippen molar-refractivity contribution in [2.75, 3.05) is 64.3 Å². The van der Waals surface area contributed by atoms with Crippen LogP contribution < -0.4 is 11.5 Å². The first-order chi connectivity index (χ1) is 21.4. The molecule has 15 heteroatoms. The quantitative estimate of drug-likeness (QED) is 0.109. The molecular weight excluding hydrogens is 574 g/mol. The molecule has 0 aliphatic heterocycles. The molecule has 0 aliphatic rings. The van der Waals surface area contributed by atoms with Gasteiger partial charge in [-0.15, -0.1) is 0 Å². The minimum absolute atomic E-state index is 0.0179. The van der Waals surface area contributed by atoms with E-state index in [1.165, 1.54) is 6.33 Å². The van der Waals surface area contributed by atoms with Gasteiger partial charge in [-0.1, -0.05) is 6.42 Å². The van der Waals surface area contributed by atoms with Gasteiger partial charge in [0.15, 0.2) is 11.2 Å². The van der Waals surface area contributed by atoms with Crippen LogP contribution in [0, 0.1) is 0 Å². The monoisotopic (exact) mass is 613 g/mol. The molecule has 3 heterocycles. The zero-order chi connectivity index (χ0) is 31.1. The third kappa shape index (κ3) is 9.94. The lowest BCUT2D eigenvalue weighted by atomic mass is 10.1. The van der Waals surface area contributed by atoms with Gasteiger partial charge < -0.3 is 39.9 Å². The van der Waals surface area contributed by atoms with Crippen LogP contribution in [0.4, 0.5) is 11.8 Å². The predicted octanol–water partition coefficient (Wildman–Crippen LogP) is 2.86. The Labute approximate surface area is 253 Å². The SMILES string of the molecule is Nc1nc2cc(-c3nn(CCCCCC(=O)CCOCCOCCOCCOCCC(=O)O)c4ncnc(N)c34)ccc2o1. The average Bonchev–Trinajstić information content (AvgIpc) is 3.56. The summed E-state index contributed by atoms with van der Waals surface area (Å²) in [5, 5.41) is 14.0. The van der Waals surface area contributed by atoms with Crippen molar-refractivity contribution in [3.05, 3.63) is 24.5 Å². The van der Waals surface area contributed by atoms with Crippen LogP contribution in [0.1, 0.15) is 38.5 Å². The summed E-state index contributed by atoms with van der Waals surface area (Å²) in [5.41, 5.74) is 15.2. The van der Waals surface area contributed by atoms with E-state index in [1.807, 2.05) is 16.8 Å². The van der Waals surface area contributed by atoms with E-state index in [1.54, 1.807) is 6.07 Å². The van der Waals surface area contributed by atoms with Crippen LogP contribution >= 0.6 is 0 Å². The lowest BCUT2D eigenvalue weighted by Gasteiger charge is -2.07. The smallest absolute Gasteiger partial charge is 0.305 e. The van der Waals surface area contributed by atoms with Crippen LogP contribution in [0.3, 0.4) is 0 Å². The molecule has 0 unspecified atom stereocenters. The van der Waals surface area contributed by atoms with Crippen molar-refractivity contribution in [1.29, 1.82) is 0 Å². The Balaban J connectivity index is 1.07. The molecule has 4 aromatic rings. The van der Waals surface area contributed by atoms with Crippen molar-refractivity contribution in [3.8, 4) is 11.3 Å². The predicted molar refractivity (Wildman–Crippen MR) is 161 cm³/mol. The summed E-state index contributed by atoms with van der Waals surface area (Å²) in [5.74, 6) is -0.373. The van der Waals surface area contributed by atoms with Crippen LogP contribution in [0.25, 0.3) is 33.4 Å². The maximum atomic E-state index is 12.2. The molecule has 0 saturated carbocycles. The first-order valence-electron chi connectivity index (χ1n) is 14.6. The molecule has 4 rings (SSSR count). The Morgan fingerprint density at radius 2 is 1.52 bits per heavy atom.